The van der Waals surface area contributed by atoms with Crippen molar-refractivity contribution in [2.75, 3.05) is 42.9 Å². The number of rotatable bonds is 10. The Morgan fingerprint density at radius 3 is 2.50 bits per heavy atom. The summed E-state index contributed by atoms with van der Waals surface area (Å²) in [6.45, 7) is 6.35. The number of carbonyl (C=O) groups is 2. The highest BCUT2D eigenvalue weighted by atomic mass is 35.5. The van der Waals surface area contributed by atoms with Crippen molar-refractivity contribution in [2.45, 2.75) is 68.7 Å². The molecule has 4 aromatic heterocycles. The summed E-state index contributed by atoms with van der Waals surface area (Å²) in [6.07, 6.45) is 11.7. The van der Waals surface area contributed by atoms with Gasteiger partial charge in [0.2, 0.25) is 11.8 Å². The number of halogens is 1. The number of anilines is 2. The Kier molecular flexibility index (Phi) is 10.6. The van der Waals surface area contributed by atoms with Crippen LogP contribution in [0, 0.1) is 28.6 Å². The fourth-order valence-corrected chi connectivity index (χ4v) is 8.59. The third kappa shape index (κ3) is 7.78. The number of amides is 2. The number of nitriles is 2. The molecule has 1 saturated carbocycles. The van der Waals surface area contributed by atoms with E-state index in [1.54, 1.807) is 34.7 Å². The van der Waals surface area contributed by atoms with Crippen molar-refractivity contribution in [1.29, 1.82) is 10.5 Å². The van der Waals surface area contributed by atoms with E-state index in [-0.39, 0.29) is 29.0 Å². The van der Waals surface area contributed by atoms with Gasteiger partial charge in [-0.25, -0.2) is 14.6 Å². The number of nitrogens with zero attached hydrogens (tertiary/aromatic N) is 11. The summed E-state index contributed by atoms with van der Waals surface area (Å²) in [6, 6.07) is 15.6. The number of aromatic nitrogens is 7. The minimum Gasteiger partial charge on any atom is -0.369 e. The lowest BCUT2D eigenvalue weighted by atomic mass is 9.79. The van der Waals surface area contributed by atoms with Crippen LogP contribution in [0.2, 0.25) is 0 Å². The van der Waals surface area contributed by atoms with Gasteiger partial charge in [0.25, 0.3) is 0 Å². The van der Waals surface area contributed by atoms with Crippen LogP contribution in [0.1, 0.15) is 74.1 Å². The van der Waals surface area contributed by atoms with E-state index in [1.165, 1.54) is 6.20 Å². The van der Waals surface area contributed by atoms with Crippen molar-refractivity contribution in [3.8, 4) is 23.6 Å². The minimum absolute atomic E-state index is 0.0711. The van der Waals surface area contributed by atoms with E-state index in [1.807, 2.05) is 24.4 Å². The van der Waals surface area contributed by atoms with Crippen molar-refractivity contribution in [1.82, 2.24) is 45.0 Å². The summed E-state index contributed by atoms with van der Waals surface area (Å²) in [7, 11) is 0. The number of pyridine rings is 2. The molecule has 1 aromatic carbocycles. The fourth-order valence-electron chi connectivity index (χ4n) is 8.14. The molecule has 2 N–H and O–H groups in total. The molecule has 5 aromatic rings. The minimum atomic E-state index is -0.480. The third-order valence-electron chi connectivity index (χ3n) is 11.4. The molecule has 1 aliphatic carbocycles. The smallest absolute Gasteiger partial charge is 0.234 e. The van der Waals surface area contributed by atoms with Gasteiger partial charge in [-0.2, -0.15) is 20.3 Å². The molecule has 3 aliphatic rings. The molecule has 3 fully saturated rings. The van der Waals surface area contributed by atoms with Crippen LogP contribution in [-0.4, -0.2) is 95.6 Å². The van der Waals surface area contributed by atoms with Gasteiger partial charge in [-0.05, 0) is 68.7 Å². The first-order valence-electron chi connectivity index (χ1n) is 19.1. The molecule has 286 valence electrons. The monoisotopic (exact) mass is 771 g/mol. The van der Waals surface area contributed by atoms with E-state index < -0.39 is 6.04 Å². The molecule has 0 unspecified atom stereocenters. The van der Waals surface area contributed by atoms with Crippen molar-refractivity contribution < 1.29 is 9.59 Å². The van der Waals surface area contributed by atoms with Gasteiger partial charge >= 0.3 is 0 Å². The largest absolute Gasteiger partial charge is 0.369 e. The molecular formula is C40H42ClN13O2. The van der Waals surface area contributed by atoms with E-state index in [2.05, 4.69) is 70.1 Å². The van der Waals surface area contributed by atoms with E-state index in [4.69, 9.17) is 11.6 Å². The SMILES string of the molecule is C[C@H](C#N)Nc1cc(-n2ncc3cc(C#N)cnc32)ncc1-n1cc(C2CCC([C@@H](Cl)CN3CCN(c4ccc([C@H]5CCC(=O)NC5=O)cc4)CC3)CC2)nn1. The zero-order valence-corrected chi connectivity index (χ0v) is 31.8. The molecular weight excluding hydrogens is 730 g/mol. The average molecular weight is 772 g/mol. The number of piperidine rings is 1. The Morgan fingerprint density at radius 1 is 0.982 bits per heavy atom. The summed E-state index contributed by atoms with van der Waals surface area (Å²) < 4.78 is 3.31. The first-order valence-corrected chi connectivity index (χ1v) is 19.6. The van der Waals surface area contributed by atoms with Gasteiger partial charge < -0.3 is 10.2 Å². The Hall–Kier alpha value is -5.90. The molecule has 2 aliphatic heterocycles. The van der Waals surface area contributed by atoms with Crippen LogP contribution in [0.3, 0.4) is 0 Å². The van der Waals surface area contributed by atoms with Crippen LogP contribution in [-0.2, 0) is 9.59 Å². The number of piperazine rings is 1. The molecule has 8 rings (SSSR count). The molecule has 6 heterocycles. The lowest BCUT2D eigenvalue weighted by Crippen LogP contribution is -2.48. The van der Waals surface area contributed by atoms with Crippen LogP contribution in [0.25, 0.3) is 22.5 Å². The molecule has 15 nitrogen and oxygen atoms in total. The van der Waals surface area contributed by atoms with Crippen LogP contribution < -0.4 is 15.5 Å². The highest BCUT2D eigenvalue weighted by molar-refractivity contribution is 6.21. The normalized spacial score (nSPS) is 21.6. The van der Waals surface area contributed by atoms with Crippen molar-refractivity contribution in [3.05, 3.63) is 78.0 Å². The average Bonchev–Trinajstić information content (AvgIpc) is 3.89. The van der Waals surface area contributed by atoms with Crippen LogP contribution in [0.4, 0.5) is 11.4 Å². The summed E-state index contributed by atoms with van der Waals surface area (Å²) in [4.78, 5) is 37.8. The molecule has 0 radical (unpaired) electrons. The van der Waals surface area contributed by atoms with Gasteiger partial charge in [0, 0.05) is 73.8 Å². The maximum absolute atomic E-state index is 12.3. The third-order valence-corrected chi connectivity index (χ3v) is 11.8. The lowest BCUT2D eigenvalue weighted by Gasteiger charge is -2.39. The van der Waals surface area contributed by atoms with Gasteiger partial charge in [-0.15, -0.1) is 16.7 Å². The number of fused-ring (bicyclic) bond motifs is 1. The number of benzene rings is 1. The number of hydrogen-bond donors (Lipinski definition) is 2. The predicted octanol–water partition coefficient (Wildman–Crippen LogP) is 4.82. The van der Waals surface area contributed by atoms with Crippen LogP contribution in [0.5, 0.6) is 0 Å². The number of hydrogen-bond acceptors (Lipinski definition) is 12. The van der Waals surface area contributed by atoms with Crippen molar-refractivity contribution in [2.24, 2.45) is 5.92 Å². The van der Waals surface area contributed by atoms with Gasteiger partial charge in [0.1, 0.15) is 17.8 Å². The quantitative estimate of drug-likeness (QED) is 0.146. The Labute approximate surface area is 329 Å². The molecule has 56 heavy (non-hydrogen) atoms. The first kappa shape index (κ1) is 37.0. The zero-order chi connectivity index (χ0) is 38.8. The lowest BCUT2D eigenvalue weighted by molar-refractivity contribution is -0.134. The molecule has 2 saturated heterocycles. The second-order valence-corrected chi connectivity index (χ2v) is 15.5. The van der Waals surface area contributed by atoms with Crippen LogP contribution in [0.15, 0.2) is 61.2 Å². The van der Waals surface area contributed by atoms with E-state index >= 15 is 0 Å². The second-order valence-electron chi connectivity index (χ2n) is 15.0. The van der Waals surface area contributed by atoms with Crippen LogP contribution >= 0.6 is 11.6 Å². The van der Waals surface area contributed by atoms with E-state index in [0.717, 1.165) is 80.7 Å². The molecule has 0 spiro atoms. The number of alkyl halides is 1. The molecule has 0 bridgehead atoms. The van der Waals surface area contributed by atoms with Gasteiger partial charge in [-0.3, -0.25) is 19.8 Å². The standard InChI is InChI=1S/C40H42ClN13O2/c1-25(18-42)47-34-17-37(54-39-30(21-46-54)16-26(19-43)20-45-39)44-22-36(34)53-24-35(49-50-53)29-4-2-28(3-5-29)33(41)23-51-12-14-52(15-13-51)31-8-6-27(7-9-31)32-10-11-38(55)48-40(32)56/h6-9,16-17,20-22,24-25,28-29,32-33H,2-5,10-15,23H2,1H3,(H,44,47)(H,48,55,56)/t25-,28?,29?,32-,33+/m1/s1. The molecule has 3 atom stereocenters. The number of carbonyl (C=O) groups excluding carboxylic acids is 2. The van der Waals surface area contributed by atoms with Gasteiger partial charge in [0.15, 0.2) is 11.5 Å². The summed E-state index contributed by atoms with van der Waals surface area (Å²) in [5, 5.41) is 38.9. The summed E-state index contributed by atoms with van der Waals surface area (Å²) in [5.74, 6) is 0.541. The van der Waals surface area contributed by atoms with E-state index in [9.17, 15) is 20.1 Å². The van der Waals surface area contributed by atoms with Gasteiger partial charge in [-0.1, -0.05) is 17.3 Å². The second kappa shape index (κ2) is 16.1. The Morgan fingerprint density at radius 2 is 1.77 bits per heavy atom. The number of imide groups is 1. The first-order chi connectivity index (χ1) is 27.3. The molecule has 2 amide bonds. The predicted molar refractivity (Wildman–Crippen MR) is 210 cm³/mol. The van der Waals surface area contributed by atoms with Crippen molar-refractivity contribution >= 4 is 45.8 Å². The highest BCUT2D eigenvalue weighted by Crippen LogP contribution is 2.38. The van der Waals surface area contributed by atoms with E-state index in [0.29, 0.717) is 47.2 Å². The molecule has 16 heteroatoms. The Bertz CT molecular complexity index is 2310. The topological polar surface area (TPSA) is 187 Å². The Balaban J connectivity index is 0.852. The number of nitrogens with one attached hydrogen (secondary N) is 2. The zero-order valence-electron chi connectivity index (χ0n) is 31.1. The maximum Gasteiger partial charge on any atom is 0.234 e. The summed E-state index contributed by atoms with van der Waals surface area (Å²) in [5.41, 5.74) is 5.35. The van der Waals surface area contributed by atoms with Crippen molar-refractivity contribution in [3.63, 3.8) is 0 Å². The van der Waals surface area contributed by atoms with Gasteiger partial charge in [0.05, 0.1) is 47.5 Å². The maximum atomic E-state index is 12.3. The highest BCUT2D eigenvalue weighted by Gasteiger charge is 2.31. The fraction of sp³-hybridized carbons (Fsp3) is 0.425. The summed E-state index contributed by atoms with van der Waals surface area (Å²) >= 11 is 7.10.